The SMILES string of the molecule is Cc1ccc2ncc(C(=O)N3CCC(C(C)N)CC3)c(=O)n2c1. The van der Waals surface area contributed by atoms with Gasteiger partial charge in [0, 0.05) is 31.5 Å². The van der Waals surface area contributed by atoms with E-state index in [4.69, 9.17) is 5.73 Å². The first-order valence-electron chi connectivity index (χ1n) is 8.00. The first-order valence-corrected chi connectivity index (χ1v) is 8.00. The van der Waals surface area contributed by atoms with Gasteiger partial charge in [-0.05, 0) is 44.2 Å². The normalized spacial score (nSPS) is 17.4. The van der Waals surface area contributed by atoms with Gasteiger partial charge in [0.1, 0.15) is 11.2 Å². The molecule has 6 nitrogen and oxygen atoms in total. The monoisotopic (exact) mass is 314 g/mol. The zero-order valence-corrected chi connectivity index (χ0v) is 13.5. The van der Waals surface area contributed by atoms with Crippen LogP contribution in [0.4, 0.5) is 0 Å². The number of aryl methyl sites for hydroxylation is 1. The molecule has 23 heavy (non-hydrogen) atoms. The van der Waals surface area contributed by atoms with Crippen LogP contribution in [0.1, 0.15) is 35.7 Å². The molecule has 3 heterocycles. The van der Waals surface area contributed by atoms with Gasteiger partial charge in [0.15, 0.2) is 0 Å². The molecule has 2 aromatic rings. The van der Waals surface area contributed by atoms with Gasteiger partial charge < -0.3 is 10.6 Å². The van der Waals surface area contributed by atoms with E-state index in [0.717, 1.165) is 18.4 Å². The summed E-state index contributed by atoms with van der Waals surface area (Å²) in [7, 11) is 0. The first kappa shape index (κ1) is 15.7. The number of hydrogen-bond donors (Lipinski definition) is 1. The number of carbonyl (C=O) groups is 1. The van der Waals surface area contributed by atoms with Crippen LogP contribution in [0.15, 0.2) is 29.3 Å². The van der Waals surface area contributed by atoms with Crippen LogP contribution >= 0.6 is 0 Å². The summed E-state index contributed by atoms with van der Waals surface area (Å²) >= 11 is 0. The van der Waals surface area contributed by atoms with Gasteiger partial charge in [-0.15, -0.1) is 0 Å². The minimum Gasteiger partial charge on any atom is -0.338 e. The first-order chi connectivity index (χ1) is 11.0. The molecule has 0 aromatic carbocycles. The molecule has 0 saturated carbocycles. The Morgan fingerprint density at radius 1 is 1.35 bits per heavy atom. The Hall–Kier alpha value is -2.21. The Morgan fingerprint density at radius 3 is 2.70 bits per heavy atom. The van der Waals surface area contributed by atoms with Gasteiger partial charge in [-0.1, -0.05) is 6.07 Å². The van der Waals surface area contributed by atoms with Crippen molar-refractivity contribution in [3.05, 3.63) is 46.0 Å². The fourth-order valence-electron chi connectivity index (χ4n) is 3.13. The van der Waals surface area contributed by atoms with E-state index in [2.05, 4.69) is 4.98 Å². The van der Waals surface area contributed by atoms with Gasteiger partial charge in [-0.3, -0.25) is 14.0 Å². The number of nitrogens with zero attached hydrogens (tertiary/aromatic N) is 3. The van der Waals surface area contributed by atoms with Gasteiger partial charge in [0.2, 0.25) is 0 Å². The van der Waals surface area contributed by atoms with E-state index in [1.54, 1.807) is 17.2 Å². The molecule has 6 heteroatoms. The summed E-state index contributed by atoms with van der Waals surface area (Å²) in [5.41, 5.74) is 7.25. The van der Waals surface area contributed by atoms with Crippen LogP contribution in [0.5, 0.6) is 0 Å². The van der Waals surface area contributed by atoms with E-state index in [-0.39, 0.29) is 23.1 Å². The minimum absolute atomic E-state index is 0.132. The Labute approximate surface area is 134 Å². The van der Waals surface area contributed by atoms with Crippen molar-refractivity contribution in [1.82, 2.24) is 14.3 Å². The third kappa shape index (κ3) is 2.99. The molecule has 1 fully saturated rings. The van der Waals surface area contributed by atoms with Crippen molar-refractivity contribution in [3.63, 3.8) is 0 Å². The van der Waals surface area contributed by atoms with Crippen molar-refractivity contribution in [2.45, 2.75) is 32.7 Å². The molecule has 0 bridgehead atoms. The van der Waals surface area contributed by atoms with Crippen molar-refractivity contribution in [1.29, 1.82) is 0 Å². The van der Waals surface area contributed by atoms with Gasteiger partial charge in [0.25, 0.3) is 11.5 Å². The lowest BCUT2D eigenvalue weighted by Crippen LogP contribution is -2.44. The quantitative estimate of drug-likeness (QED) is 0.903. The molecule has 0 spiro atoms. The molecule has 2 N–H and O–H groups in total. The van der Waals surface area contributed by atoms with E-state index in [1.165, 1.54) is 10.6 Å². The van der Waals surface area contributed by atoms with Gasteiger partial charge >= 0.3 is 0 Å². The van der Waals surface area contributed by atoms with Gasteiger partial charge in [-0.2, -0.15) is 0 Å². The van der Waals surface area contributed by atoms with E-state index in [9.17, 15) is 9.59 Å². The summed E-state index contributed by atoms with van der Waals surface area (Å²) in [5, 5.41) is 0. The van der Waals surface area contributed by atoms with Crippen molar-refractivity contribution >= 4 is 11.6 Å². The zero-order valence-electron chi connectivity index (χ0n) is 13.5. The second-order valence-corrected chi connectivity index (χ2v) is 6.40. The highest BCUT2D eigenvalue weighted by Gasteiger charge is 2.27. The average Bonchev–Trinajstić information content (AvgIpc) is 2.55. The molecule has 1 amide bonds. The highest BCUT2D eigenvalue weighted by Crippen LogP contribution is 2.20. The lowest BCUT2D eigenvalue weighted by Gasteiger charge is -2.33. The zero-order chi connectivity index (χ0) is 16.6. The second-order valence-electron chi connectivity index (χ2n) is 6.40. The van der Waals surface area contributed by atoms with Crippen LogP contribution in [0.3, 0.4) is 0 Å². The Balaban J connectivity index is 1.87. The molecule has 3 rings (SSSR count). The van der Waals surface area contributed by atoms with Crippen LogP contribution < -0.4 is 11.3 Å². The average molecular weight is 314 g/mol. The summed E-state index contributed by atoms with van der Waals surface area (Å²) in [4.78, 5) is 31.2. The highest BCUT2D eigenvalue weighted by atomic mass is 16.2. The van der Waals surface area contributed by atoms with E-state index < -0.39 is 0 Å². The smallest absolute Gasteiger partial charge is 0.270 e. The van der Waals surface area contributed by atoms with Gasteiger partial charge in [0.05, 0.1) is 0 Å². The number of carbonyl (C=O) groups excluding carboxylic acids is 1. The Morgan fingerprint density at radius 2 is 2.04 bits per heavy atom. The molecule has 122 valence electrons. The number of aromatic nitrogens is 2. The number of piperidine rings is 1. The third-order valence-electron chi connectivity index (χ3n) is 4.65. The summed E-state index contributed by atoms with van der Waals surface area (Å²) in [6, 6.07) is 3.81. The summed E-state index contributed by atoms with van der Waals surface area (Å²) in [6.07, 6.45) is 4.87. The maximum Gasteiger partial charge on any atom is 0.270 e. The molecular formula is C17H22N4O2. The van der Waals surface area contributed by atoms with Crippen molar-refractivity contribution in [3.8, 4) is 0 Å². The van der Waals surface area contributed by atoms with Crippen LogP contribution in [0.25, 0.3) is 5.65 Å². The molecular weight excluding hydrogens is 292 g/mol. The Kier molecular flexibility index (Phi) is 4.17. The standard InChI is InChI=1S/C17H22N4O2/c1-11-3-4-15-19-9-14(17(23)21(15)10-11)16(22)20-7-5-13(6-8-20)12(2)18/h3-4,9-10,12-13H,5-8,18H2,1-2H3. The fraction of sp³-hybridized carbons (Fsp3) is 0.471. The topological polar surface area (TPSA) is 80.7 Å². The van der Waals surface area contributed by atoms with Gasteiger partial charge in [-0.25, -0.2) is 4.98 Å². The van der Waals surface area contributed by atoms with Crippen LogP contribution in [-0.4, -0.2) is 39.3 Å². The molecule has 2 aromatic heterocycles. The minimum atomic E-state index is -0.307. The van der Waals surface area contributed by atoms with Crippen LogP contribution in [-0.2, 0) is 0 Å². The van der Waals surface area contributed by atoms with E-state index >= 15 is 0 Å². The van der Waals surface area contributed by atoms with E-state index in [0.29, 0.717) is 24.7 Å². The van der Waals surface area contributed by atoms with Crippen molar-refractivity contribution < 1.29 is 4.79 Å². The lowest BCUT2D eigenvalue weighted by atomic mass is 9.91. The highest BCUT2D eigenvalue weighted by molar-refractivity contribution is 5.93. The van der Waals surface area contributed by atoms with Crippen molar-refractivity contribution in [2.75, 3.05) is 13.1 Å². The number of amides is 1. The number of rotatable bonds is 2. The van der Waals surface area contributed by atoms with Crippen LogP contribution in [0, 0.1) is 12.8 Å². The predicted octanol–water partition coefficient (Wildman–Crippen LogP) is 1.20. The molecule has 0 aliphatic carbocycles. The predicted molar refractivity (Wildman–Crippen MR) is 88.5 cm³/mol. The molecule has 1 aliphatic heterocycles. The largest absolute Gasteiger partial charge is 0.338 e. The summed E-state index contributed by atoms with van der Waals surface area (Å²) in [6.45, 7) is 5.19. The molecule has 1 saturated heterocycles. The number of hydrogen-bond acceptors (Lipinski definition) is 4. The fourth-order valence-corrected chi connectivity index (χ4v) is 3.13. The number of likely N-dealkylation sites (tertiary alicyclic amines) is 1. The maximum atomic E-state index is 12.7. The lowest BCUT2D eigenvalue weighted by molar-refractivity contribution is 0.0678. The van der Waals surface area contributed by atoms with Crippen molar-refractivity contribution in [2.24, 2.45) is 11.7 Å². The second kappa shape index (κ2) is 6.12. The third-order valence-corrected chi connectivity index (χ3v) is 4.65. The number of pyridine rings is 1. The van der Waals surface area contributed by atoms with E-state index in [1.807, 2.05) is 19.9 Å². The Bertz CT molecular complexity index is 789. The molecule has 1 aliphatic rings. The molecule has 1 unspecified atom stereocenters. The summed E-state index contributed by atoms with van der Waals surface area (Å²) in [5.74, 6) is 0.207. The number of fused-ring (bicyclic) bond motifs is 1. The molecule has 0 radical (unpaired) electrons. The maximum absolute atomic E-state index is 12.7. The molecule has 1 atom stereocenters. The number of nitrogens with two attached hydrogens (primary N) is 1. The summed E-state index contributed by atoms with van der Waals surface area (Å²) < 4.78 is 1.44. The van der Waals surface area contributed by atoms with Crippen LogP contribution in [0.2, 0.25) is 0 Å².